The molecule has 0 bridgehead atoms. The summed E-state index contributed by atoms with van der Waals surface area (Å²) >= 11 is 0. The van der Waals surface area contributed by atoms with Crippen molar-refractivity contribution in [1.29, 1.82) is 0 Å². The van der Waals surface area contributed by atoms with Crippen molar-refractivity contribution in [2.45, 2.75) is 13.8 Å². The minimum absolute atomic E-state index is 0.120. The van der Waals surface area contributed by atoms with E-state index in [0.717, 1.165) is 22.2 Å². The lowest BCUT2D eigenvalue weighted by Crippen LogP contribution is -2.11. The Hall–Kier alpha value is -2.62. The first kappa shape index (κ1) is 13.4. The van der Waals surface area contributed by atoms with Gasteiger partial charge >= 0.3 is 0 Å². The molecule has 2 aromatic carbocycles. The van der Waals surface area contributed by atoms with Gasteiger partial charge in [0.05, 0.1) is 5.52 Å². The number of amides is 1. The summed E-state index contributed by atoms with van der Waals surface area (Å²) in [5.74, 6) is -0.120. The molecule has 106 valence electrons. The summed E-state index contributed by atoms with van der Waals surface area (Å²) in [6.07, 6.45) is 1.93. The number of hydrogen-bond donors (Lipinski definition) is 1. The SMILES string of the molecule is Cc1ccc(NC(=O)c2ccc3cn(C)nc3c2)cc1C. The minimum atomic E-state index is -0.120. The third-order valence-electron chi connectivity index (χ3n) is 3.65. The van der Waals surface area contributed by atoms with E-state index < -0.39 is 0 Å². The molecule has 0 saturated heterocycles. The maximum absolute atomic E-state index is 12.3. The van der Waals surface area contributed by atoms with Gasteiger partial charge in [-0.2, -0.15) is 5.10 Å². The van der Waals surface area contributed by atoms with Crippen LogP contribution in [0.2, 0.25) is 0 Å². The average Bonchev–Trinajstić information content (AvgIpc) is 2.82. The van der Waals surface area contributed by atoms with Gasteiger partial charge in [0.1, 0.15) is 0 Å². The maximum Gasteiger partial charge on any atom is 0.255 e. The van der Waals surface area contributed by atoms with Crippen LogP contribution in [0.15, 0.2) is 42.6 Å². The highest BCUT2D eigenvalue weighted by atomic mass is 16.1. The molecule has 4 heteroatoms. The van der Waals surface area contributed by atoms with E-state index in [9.17, 15) is 4.79 Å². The summed E-state index contributed by atoms with van der Waals surface area (Å²) in [5, 5.41) is 8.28. The van der Waals surface area contributed by atoms with Crippen molar-refractivity contribution >= 4 is 22.5 Å². The number of nitrogens with zero attached hydrogens (tertiary/aromatic N) is 2. The molecule has 3 rings (SSSR count). The zero-order chi connectivity index (χ0) is 15.0. The second-order valence-corrected chi connectivity index (χ2v) is 5.33. The molecule has 0 radical (unpaired) electrons. The summed E-state index contributed by atoms with van der Waals surface area (Å²) in [6, 6.07) is 11.4. The van der Waals surface area contributed by atoms with Crippen LogP contribution in [-0.4, -0.2) is 15.7 Å². The van der Waals surface area contributed by atoms with Gasteiger partial charge in [0.25, 0.3) is 5.91 Å². The largest absolute Gasteiger partial charge is 0.322 e. The lowest BCUT2D eigenvalue weighted by Gasteiger charge is -2.07. The molecule has 1 amide bonds. The Morgan fingerprint density at radius 1 is 1.10 bits per heavy atom. The molecule has 1 heterocycles. The van der Waals surface area contributed by atoms with Crippen LogP contribution in [0.25, 0.3) is 10.9 Å². The summed E-state index contributed by atoms with van der Waals surface area (Å²) in [6.45, 7) is 4.08. The Morgan fingerprint density at radius 3 is 2.67 bits per heavy atom. The third kappa shape index (κ3) is 2.65. The Balaban J connectivity index is 1.87. The van der Waals surface area contributed by atoms with E-state index in [4.69, 9.17) is 0 Å². The number of benzene rings is 2. The van der Waals surface area contributed by atoms with E-state index in [2.05, 4.69) is 17.3 Å². The Bertz CT molecular complexity index is 833. The van der Waals surface area contributed by atoms with Crippen molar-refractivity contribution in [3.8, 4) is 0 Å². The second kappa shape index (κ2) is 5.05. The lowest BCUT2D eigenvalue weighted by molar-refractivity contribution is 0.102. The van der Waals surface area contributed by atoms with Crippen molar-refractivity contribution in [3.05, 3.63) is 59.3 Å². The van der Waals surface area contributed by atoms with E-state index >= 15 is 0 Å². The van der Waals surface area contributed by atoms with Crippen LogP contribution < -0.4 is 5.32 Å². The van der Waals surface area contributed by atoms with E-state index in [1.807, 2.05) is 56.6 Å². The smallest absolute Gasteiger partial charge is 0.255 e. The predicted octanol–water partition coefficient (Wildman–Crippen LogP) is 3.44. The molecule has 21 heavy (non-hydrogen) atoms. The van der Waals surface area contributed by atoms with Crippen molar-refractivity contribution in [1.82, 2.24) is 9.78 Å². The molecule has 3 aromatic rings. The normalized spacial score (nSPS) is 10.8. The Kier molecular flexibility index (Phi) is 3.22. The fourth-order valence-corrected chi connectivity index (χ4v) is 2.30. The maximum atomic E-state index is 12.3. The van der Waals surface area contributed by atoms with Crippen LogP contribution >= 0.6 is 0 Å². The molecule has 0 unspecified atom stereocenters. The van der Waals surface area contributed by atoms with E-state index in [1.54, 1.807) is 4.68 Å². The highest BCUT2D eigenvalue weighted by Crippen LogP contribution is 2.17. The predicted molar refractivity (Wildman–Crippen MR) is 84.6 cm³/mol. The number of carbonyl (C=O) groups excluding carboxylic acids is 1. The van der Waals surface area contributed by atoms with Gasteiger partial charge in [-0.1, -0.05) is 12.1 Å². The fourth-order valence-electron chi connectivity index (χ4n) is 2.30. The van der Waals surface area contributed by atoms with Gasteiger partial charge in [-0.3, -0.25) is 9.48 Å². The van der Waals surface area contributed by atoms with Crippen molar-refractivity contribution in [2.24, 2.45) is 7.05 Å². The number of nitrogens with one attached hydrogen (secondary N) is 1. The first-order valence-corrected chi connectivity index (χ1v) is 6.85. The zero-order valence-electron chi connectivity index (χ0n) is 12.3. The van der Waals surface area contributed by atoms with Crippen molar-refractivity contribution in [3.63, 3.8) is 0 Å². The van der Waals surface area contributed by atoms with E-state index in [-0.39, 0.29) is 5.91 Å². The first-order chi connectivity index (χ1) is 10.0. The molecule has 0 aliphatic rings. The van der Waals surface area contributed by atoms with Crippen LogP contribution in [0.1, 0.15) is 21.5 Å². The van der Waals surface area contributed by atoms with Crippen LogP contribution in [0.4, 0.5) is 5.69 Å². The molecule has 0 atom stereocenters. The second-order valence-electron chi connectivity index (χ2n) is 5.33. The number of aryl methyl sites for hydroxylation is 3. The first-order valence-electron chi connectivity index (χ1n) is 6.85. The fraction of sp³-hybridized carbons (Fsp3) is 0.176. The van der Waals surface area contributed by atoms with Crippen LogP contribution in [0.5, 0.6) is 0 Å². The van der Waals surface area contributed by atoms with Gasteiger partial charge in [-0.25, -0.2) is 0 Å². The molecule has 0 saturated carbocycles. The van der Waals surface area contributed by atoms with Gasteiger partial charge in [0.2, 0.25) is 0 Å². The number of carbonyl (C=O) groups is 1. The Labute approximate surface area is 123 Å². The van der Waals surface area contributed by atoms with Crippen LogP contribution in [0, 0.1) is 13.8 Å². The average molecular weight is 279 g/mol. The van der Waals surface area contributed by atoms with Crippen LogP contribution in [0.3, 0.4) is 0 Å². The number of fused-ring (bicyclic) bond motifs is 1. The van der Waals surface area contributed by atoms with Gasteiger partial charge in [-0.05, 0) is 49.2 Å². The number of hydrogen-bond acceptors (Lipinski definition) is 2. The molecule has 0 aliphatic carbocycles. The number of rotatable bonds is 2. The topological polar surface area (TPSA) is 46.9 Å². The van der Waals surface area contributed by atoms with Crippen LogP contribution in [-0.2, 0) is 7.05 Å². The van der Waals surface area contributed by atoms with Crippen molar-refractivity contribution in [2.75, 3.05) is 5.32 Å². The highest BCUT2D eigenvalue weighted by Gasteiger charge is 2.09. The summed E-state index contributed by atoms with van der Waals surface area (Å²) in [7, 11) is 1.87. The summed E-state index contributed by atoms with van der Waals surface area (Å²) in [5.41, 5.74) is 4.62. The summed E-state index contributed by atoms with van der Waals surface area (Å²) < 4.78 is 1.75. The van der Waals surface area contributed by atoms with Gasteiger partial charge in [0, 0.05) is 29.9 Å². The van der Waals surface area contributed by atoms with Gasteiger partial charge < -0.3 is 5.32 Å². The molecule has 4 nitrogen and oxygen atoms in total. The number of anilines is 1. The minimum Gasteiger partial charge on any atom is -0.322 e. The van der Waals surface area contributed by atoms with E-state index in [1.165, 1.54) is 5.56 Å². The summed E-state index contributed by atoms with van der Waals surface area (Å²) in [4.78, 5) is 12.3. The Morgan fingerprint density at radius 2 is 1.90 bits per heavy atom. The molecular formula is C17H17N3O. The van der Waals surface area contributed by atoms with Crippen molar-refractivity contribution < 1.29 is 4.79 Å². The number of aromatic nitrogens is 2. The third-order valence-corrected chi connectivity index (χ3v) is 3.65. The molecule has 1 N–H and O–H groups in total. The van der Waals surface area contributed by atoms with E-state index in [0.29, 0.717) is 5.56 Å². The quantitative estimate of drug-likeness (QED) is 0.781. The molecule has 0 fully saturated rings. The zero-order valence-corrected chi connectivity index (χ0v) is 12.3. The van der Waals surface area contributed by atoms with Gasteiger partial charge in [-0.15, -0.1) is 0 Å². The standard InChI is InChI=1S/C17H17N3O/c1-11-4-7-15(8-12(11)2)18-17(21)13-5-6-14-10-20(3)19-16(14)9-13/h4-10H,1-3H3,(H,18,21). The lowest BCUT2D eigenvalue weighted by atomic mass is 10.1. The molecular weight excluding hydrogens is 262 g/mol. The highest BCUT2D eigenvalue weighted by molar-refractivity contribution is 6.06. The molecule has 0 spiro atoms. The monoisotopic (exact) mass is 279 g/mol. The molecule has 1 aromatic heterocycles. The molecule has 0 aliphatic heterocycles. The van der Waals surface area contributed by atoms with Gasteiger partial charge in [0.15, 0.2) is 0 Å².